The van der Waals surface area contributed by atoms with Crippen molar-refractivity contribution in [2.24, 2.45) is 0 Å². The van der Waals surface area contributed by atoms with Crippen molar-refractivity contribution < 1.29 is 27.4 Å². The number of H-pyrrole nitrogens is 1. The summed E-state index contributed by atoms with van der Waals surface area (Å²) in [6.45, 7) is 8.51. The van der Waals surface area contributed by atoms with Crippen LogP contribution in [0.4, 0.5) is 13.2 Å². The van der Waals surface area contributed by atoms with Crippen molar-refractivity contribution >= 4 is 28.6 Å². The summed E-state index contributed by atoms with van der Waals surface area (Å²) < 4.78 is 51.2. The van der Waals surface area contributed by atoms with Crippen LogP contribution in [0.5, 0.6) is 5.75 Å². The van der Waals surface area contributed by atoms with Crippen molar-refractivity contribution in [2.45, 2.75) is 56.5 Å². The predicted molar refractivity (Wildman–Crippen MR) is 142 cm³/mol. The van der Waals surface area contributed by atoms with Gasteiger partial charge in [0.1, 0.15) is 11.4 Å². The number of rotatable bonds is 7. The number of aryl methyl sites for hydroxylation is 2. The van der Waals surface area contributed by atoms with Gasteiger partial charge in [0.25, 0.3) is 0 Å². The predicted octanol–water partition coefficient (Wildman–Crippen LogP) is 7.80. The number of aromatic nitrogens is 2. The number of carbonyl (C=O) groups is 1. The quantitative estimate of drug-likeness (QED) is 0.191. The van der Waals surface area contributed by atoms with Crippen LogP contribution in [0.1, 0.15) is 54.0 Å². The number of hydrogen-bond acceptors (Lipinski definition) is 5. The molecule has 0 saturated heterocycles. The summed E-state index contributed by atoms with van der Waals surface area (Å²) in [7, 11) is 0. The third-order valence-electron chi connectivity index (χ3n) is 5.78. The van der Waals surface area contributed by atoms with Gasteiger partial charge in [-0.1, -0.05) is 30.3 Å². The van der Waals surface area contributed by atoms with Crippen molar-refractivity contribution in [3.8, 4) is 5.75 Å². The van der Waals surface area contributed by atoms with Crippen molar-refractivity contribution in [2.75, 3.05) is 6.61 Å². The molecule has 3 aromatic carbocycles. The third kappa shape index (κ3) is 6.51. The Morgan fingerprint density at radius 1 is 1.00 bits per heavy atom. The van der Waals surface area contributed by atoms with Crippen LogP contribution >= 0.6 is 11.8 Å². The number of hydrogen-bond donors (Lipinski definition) is 1. The fourth-order valence-electron chi connectivity index (χ4n) is 4.14. The number of fused-ring (bicyclic) bond motifs is 1. The van der Waals surface area contributed by atoms with Gasteiger partial charge < -0.3 is 9.47 Å². The maximum atomic E-state index is 13.4. The average molecular weight is 543 g/mol. The molecule has 4 rings (SSSR count). The van der Waals surface area contributed by atoms with Gasteiger partial charge in [-0.15, -0.1) is 11.8 Å². The van der Waals surface area contributed by atoms with Crippen LogP contribution in [0.3, 0.4) is 0 Å². The molecule has 0 bridgehead atoms. The normalized spacial score (nSPS) is 12.9. The highest BCUT2D eigenvalue weighted by Gasteiger charge is 2.33. The summed E-state index contributed by atoms with van der Waals surface area (Å²) in [5.74, 6) is 0.0911. The number of ether oxygens (including phenoxy) is 2. The fraction of sp³-hybridized carbons (Fsp3) is 0.310. The minimum Gasteiger partial charge on any atom is -0.482 e. The zero-order valence-electron chi connectivity index (χ0n) is 21.8. The van der Waals surface area contributed by atoms with Gasteiger partial charge in [0.2, 0.25) is 0 Å². The number of thioether (sulfide) groups is 1. The number of para-hydroxylation sites is 1. The topological polar surface area (TPSA) is 64.2 Å². The minimum atomic E-state index is -4.42. The van der Waals surface area contributed by atoms with Crippen LogP contribution in [0, 0.1) is 13.8 Å². The fourth-order valence-corrected chi connectivity index (χ4v) is 5.39. The van der Waals surface area contributed by atoms with E-state index in [1.165, 1.54) is 24.8 Å². The van der Waals surface area contributed by atoms with Crippen molar-refractivity contribution in [1.29, 1.82) is 0 Å². The lowest BCUT2D eigenvalue weighted by molar-refractivity contribution is -0.157. The molecule has 0 aliphatic heterocycles. The molecule has 38 heavy (non-hydrogen) atoms. The molecular weight excluding hydrogens is 513 g/mol. The van der Waals surface area contributed by atoms with E-state index in [0.29, 0.717) is 5.75 Å². The van der Waals surface area contributed by atoms with Gasteiger partial charge in [-0.05, 0) is 81.6 Å². The van der Waals surface area contributed by atoms with Crippen LogP contribution in [-0.2, 0) is 15.7 Å². The first kappa shape index (κ1) is 27.6. The van der Waals surface area contributed by atoms with E-state index in [0.717, 1.165) is 38.7 Å². The molecule has 0 aliphatic carbocycles. The molecule has 4 aromatic rings. The Morgan fingerprint density at radius 3 is 2.39 bits per heavy atom. The summed E-state index contributed by atoms with van der Waals surface area (Å²) in [5.41, 5.74) is 2.02. The number of halogens is 3. The van der Waals surface area contributed by atoms with Gasteiger partial charge in [-0.2, -0.15) is 18.3 Å². The first-order valence-electron chi connectivity index (χ1n) is 12.0. The molecule has 200 valence electrons. The van der Waals surface area contributed by atoms with E-state index in [2.05, 4.69) is 10.2 Å². The van der Waals surface area contributed by atoms with Gasteiger partial charge in [-0.3, -0.25) is 5.10 Å². The highest BCUT2D eigenvalue weighted by molar-refractivity contribution is 7.99. The Morgan fingerprint density at radius 2 is 1.74 bits per heavy atom. The second kappa shape index (κ2) is 10.7. The number of alkyl halides is 3. The molecule has 9 heteroatoms. The molecule has 1 aromatic heterocycles. The lowest BCUT2D eigenvalue weighted by atomic mass is 10.0. The Labute approximate surface area is 223 Å². The van der Waals surface area contributed by atoms with Crippen molar-refractivity contribution in [3.05, 3.63) is 88.6 Å². The summed E-state index contributed by atoms with van der Waals surface area (Å²) in [6, 6.07) is 17.4. The lowest BCUT2D eigenvalue weighted by Crippen LogP contribution is -2.27. The lowest BCUT2D eigenvalue weighted by Gasteiger charge is -2.20. The first-order valence-corrected chi connectivity index (χ1v) is 12.9. The second-order valence-electron chi connectivity index (χ2n) is 10.0. The van der Waals surface area contributed by atoms with Crippen LogP contribution in [0.2, 0.25) is 0 Å². The average Bonchev–Trinajstić information content (AvgIpc) is 3.24. The van der Waals surface area contributed by atoms with Crippen LogP contribution < -0.4 is 4.74 Å². The van der Waals surface area contributed by atoms with Gasteiger partial charge in [0, 0.05) is 10.3 Å². The molecule has 1 heterocycles. The van der Waals surface area contributed by atoms with E-state index >= 15 is 0 Å². The smallest absolute Gasteiger partial charge is 0.416 e. The van der Waals surface area contributed by atoms with Crippen molar-refractivity contribution in [1.82, 2.24) is 10.2 Å². The van der Waals surface area contributed by atoms with Gasteiger partial charge in [-0.25, -0.2) is 4.79 Å². The molecule has 0 aliphatic rings. The number of benzene rings is 3. The molecule has 0 saturated carbocycles. The minimum absolute atomic E-state index is 0.159. The number of esters is 1. The van der Waals surface area contributed by atoms with Gasteiger partial charge in [0.15, 0.2) is 6.61 Å². The Bertz CT molecular complexity index is 1460. The second-order valence-corrected chi connectivity index (χ2v) is 11.2. The number of aromatic amines is 1. The highest BCUT2D eigenvalue weighted by atomic mass is 32.2. The number of nitrogens with zero attached hydrogens (tertiary/aromatic N) is 1. The third-order valence-corrected chi connectivity index (χ3v) is 7.05. The summed E-state index contributed by atoms with van der Waals surface area (Å²) >= 11 is 1.49. The van der Waals surface area contributed by atoms with Gasteiger partial charge >= 0.3 is 12.1 Å². The monoisotopic (exact) mass is 542 g/mol. The number of nitrogens with one attached hydrogen (secondary N) is 1. The molecular formula is C29H29F3N2O3S. The molecule has 1 unspecified atom stereocenters. The Hall–Kier alpha value is -3.46. The highest BCUT2D eigenvalue weighted by Crippen LogP contribution is 2.44. The van der Waals surface area contributed by atoms with Crippen molar-refractivity contribution in [3.63, 3.8) is 0 Å². The standard InChI is InChI=1S/C29H29F3N2O3S/c1-17-14-19(10-12-22(17)29(30,31)32)27(26-21-8-6-7-9-23(21)33-34-26)38-20-11-13-24(18(2)15-20)36-16-25(35)37-28(3,4)5/h6-15,27H,16H2,1-5H3,(H,33,34). The number of carbonyl (C=O) groups excluding carboxylic acids is 1. The summed E-state index contributed by atoms with van der Waals surface area (Å²) in [4.78, 5) is 12.9. The van der Waals surface area contributed by atoms with E-state index in [4.69, 9.17) is 9.47 Å². The van der Waals surface area contributed by atoms with Crippen LogP contribution in [-0.4, -0.2) is 28.4 Å². The molecule has 1 atom stereocenters. The molecule has 0 fully saturated rings. The summed E-state index contributed by atoms with van der Waals surface area (Å²) in [5, 5.41) is 8.06. The molecule has 0 spiro atoms. The van der Waals surface area contributed by atoms with E-state index in [-0.39, 0.29) is 17.4 Å². The van der Waals surface area contributed by atoms with Gasteiger partial charge in [0.05, 0.1) is 22.0 Å². The van der Waals surface area contributed by atoms with E-state index in [1.807, 2.05) is 43.3 Å². The molecule has 1 N–H and O–H groups in total. The van der Waals surface area contributed by atoms with Crippen LogP contribution in [0.25, 0.3) is 10.9 Å². The van der Waals surface area contributed by atoms with E-state index < -0.39 is 23.3 Å². The Kier molecular flexibility index (Phi) is 7.78. The first-order chi connectivity index (χ1) is 17.8. The largest absolute Gasteiger partial charge is 0.482 e. The Balaban J connectivity index is 1.64. The zero-order chi connectivity index (χ0) is 27.7. The van der Waals surface area contributed by atoms with E-state index in [9.17, 15) is 18.0 Å². The van der Waals surface area contributed by atoms with E-state index in [1.54, 1.807) is 32.9 Å². The SMILES string of the molecule is Cc1cc(SC(c2ccc(C(F)(F)F)c(C)c2)c2[nH]nc3ccccc23)ccc1OCC(=O)OC(C)(C)C. The molecule has 0 radical (unpaired) electrons. The zero-order valence-corrected chi connectivity index (χ0v) is 22.6. The maximum absolute atomic E-state index is 13.4. The van der Waals surface area contributed by atoms with Crippen LogP contribution in [0.15, 0.2) is 65.6 Å². The molecule has 5 nitrogen and oxygen atoms in total. The molecule has 0 amide bonds. The summed E-state index contributed by atoms with van der Waals surface area (Å²) in [6.07, 6.45) is -4.42. The maximum Gasteiger partial charge on any atom is 0.416 e.